The van der Waals surface area contributed by atoms with Crippen molar-refractivity contribution in [1.82, 2.24) is 14.5 Å². The molecule has 0 saturated heterocycles. The van der Waals surface area contributed by atoms with E-state index in [0.29, 0.717) is 11.4 Å². The number of hydrogen-bond donors (Lipinski definition) is 1. The first kappa shape index (κ1) is 17.0. The maximum absolute atomic E-state index is 12.5. The molecule has 7 heteroatoms. The molecule has 2 aromatic heterocycles. The topological polar surface area (TPSA) is 69.0 Å². The fourth-order valence-electron chi connectivity index (χ4n) is 2.57. The zero-order valence-electron chi connectivity index (χ0n) is 14.5. The minimum Gasteiger partial charge on any atom is -0.497 e. The van der Waals surface area contributed by atoms with Crippen LogP contribution in [-0.2, 0) is 0 Å². The van der Waals surface area contributed by atoms with Crippen molar-refractivity contribution in [1.29, 1.82) is 0 Å². The first-order valence-corrected chi connectivity index (χ1v) is 9.10. The number of amides is 1. The standard InChI is InChI=1S/C20H16N4O2S/c1-26-17-8-2-14(3-9-17)20-23-18(12-27-20)19(25)22-15-4-6-16(7-5-15)24-11-10-21-13-24/h2-13H,1H3,(H,22,25). The minimum absolute atomic E-state index is 0.235. The number of rotatable bonds is 5. The van der Waals surface area contributed by atoms with E-state index in [9.17, 15) is 4.79 Å². The van der Waals surface area contributed by atoms with Gasteiger partial charge in [-0.25, -0.2) is 9.97 Å². The quantitative estimate of drug-likeness (QED) is 0.565. The van der Waals surface area contributed by atoms with Crippen LogP contribution in [0.3, 0.4) is 0 Å². The van der Waals surface area contributed by atoms with Gasteiger partial charge in [-0.2, -0.15) is 0 Å². The van der Waals surface area contributed by atoms with E-state index in [4.69, 9.17) is 4.74 Å². The average Bonchev–Trinajstić information content (AvgIpc) is 3.41. The number of ether oxygens (including phenoxy) is 1. The van der Waals surface area contributed by atoms with Crippen LogP contribution >= 0.6 is 11.3 Å². The Labute approximate surface area is 160 Å². The van der Waals surface area contributed by atoms with E-state index in [2.05, 4.69) is 15.3 Å². The Morgan fingerprint density at radius 1 is 1.11 bits per heavy atom. The first-order chi connectivity index (χ1) is 13.2. The van der Waals surface area contributed by atoms with Crippen LogP contribution in [0, 0.1) is 0 Å². The number of benzene rings is 2. The van der Waals surface area contributed by atoms with Crippen LogP contribution in [0.15, 0.2) is 72.6 Å². The second kappa shape index (κ2) is 7.43. The van der Waals surface area contributed by atoms with Crippen molar-refractivity contribution < 1.29 is 9.53 Å². The summed E-state index contributed by atoms with van der Waals surface area (Å²) in [4.78, 5) is 20.9. The lowest BCUT2D eigenvalue weighted by molar-refractivity contribution is 0.102. The summed E-state index contributed by atoms with van der Waals surface area (Å²) in [5.41, 5.74) is 3.03. The minimum atomic E-state index is -0.235. The Bertz CT molecular complexity index is 1040. The Kier molecular flexibility index (Phi) is 4.67. The van der Waals surface area contributed by atoms with Gasteiger partial charge in [0, 0.05) is 34.7 Å². The fraction of sp³-hybridized carbons (Fsp3) is 0.0500. The lowest BCUT2D eigenvalue weighted by atomic mass is 10.2. The lowest BCUT2D eigenvalue weighted by Gasteiger charge is -2.06. The van der Waals surface area contributed by atoms with Gasteiger partial charge in [0.05, 0.1) is 13.4 Å². The molecule has 4 rings (SSSR count). The fourth-order valence-corrected chi connectivity index (χ4v) is 3.37. The van der Waals surface area contributed by atoms with Crippen LogP contribution < -0.4 is 10.1 Å². The molecule has 0 unspecified atom stereocenters. The van der Waals surface area contributed by atoms with Gasteiger partial charge in [0.2, 0.25) is 0 Å². The summed E-state index contributed by atoms with van der Waals surface area (Å²) in [7, 11) is 1.63. The number of carbonyl (C=O) groups excluding carboxylic acids is 1. The molecule has 27 heavy (non-hydrogen) atoms. The molecule has 0 aliphatic carbocycles. The summed E-state index contributed by atoms with van der Waals surface area (Å²) >= 11 is 1.43. The lowest BCUT2D eigenvalue weighted by Crippen LogP contribution is -2.12. The zero-order chi connectivity index (χ0) is 18.6. The molecule has 0 spiro atoms. The highest BCUT2D eigenvalue weighted by molar-refractivity contribution is 7.13. The summed E-state index contributed by atoms with van der Waals surface area (Å²) in [5, 5.41) is 5.42. The number of nitrogens with one attached hydrogen (secondary N) is 1. The molecular weight excluding hydrogens is 360 g/mol. The average molecular weight is 376 g/mol. The molecule has 134 valence electrons. The monoisotopic (exact) mass is 376 g/mol. The second-order valence-electron chi connectivity index (χ2n) is 5.74. The summed E-state index contributed by atoms with van der Waals surface area (Å²) < 4.78 is 7.06. The highest BCUT2D eigenvalue weighted by Crippen LogP contribution is 2.26. The summed E-state index contributed by atoms with van der Waals surface area (Å²) in [6.07, 6.45) is 5.31. The molecule has 0 atom stereocenters. The number of carbonyl (C=O) groups is 1. The third-order valence-electron chi connectivity index (χ3n) is 4.00. The third kappa shape index (κ3) is 3.73. The molecule has 1 N–H and O–H groups in total. The van der Waals surface area contributed by atoms with Gasteiger partial charge in [0.25, 0.3) is 5.91 Å². The molecule has 4 aromatic rings. The highest BCUT2D eigenvalue weighted by atomic mass is 32.1. The van der Waals surface area contributed by atoms with Gasteiger partial charge in [0.15, 0.2) is 0 Å². The van der Waals surface area contributed by atoms with Crippen LogP contribution in [0.4, 0.5) is 5.69 Å². The van der Waals surface area contributed by atoms with E-state index >= 15 is 0 Å². The Balaban J connectivity index is 1.46. The molecule has 6 nitrogen and oxygen atoms in total. The molecule has 0 radical (unpaired) electrons. The van der Waals surface area contributed by atoms with Crippen molar-refractivity contribution >= 4 is 22.9 Å². The van der Waals surface area contributed by atoms with E-state index in [1.54, 1.807) is 25.0 Å². The number of nitrogens with zero attached hydrogens (tertiary/aromatic N) is 3. The van der Waals surface area contributed by atoms with Crippen molar-refractivity contribution in [3.8, 4) is 22.0 Å². The molecule has 0 fully saturated rings. The summed E-state index contributed by atoms with van der Waals surface area (Å²) in [5.74, 6) is 0.550. The van der Waals surface area contributed by atoms with Crippen molar-refractivity contribution in [2.24, 2.45) is 0 Å². The Morgan fingerprint density at radius 3 is 2.56 bits per heavy atom. The largest absolute Gasteiger partial charge is 0.497 e. The predicted molar refractivity (Wildman–Crippen MR) is 106 cm³/mol. The number of methoxy groups -OCH3 is 1. The highest BCUT2D eigenvalue weighted by Gasteiger charge is 2.12. The second-order valence-corrected chi connectivity index (χ2v) is 6.60. The molecule has 1 amide bonds. The zero-order valence-corrected chi connectivity index (χ0v) is 15.3. The van der Waals surface area contributed by atoms with Crippen molar-refractivity contribution in [2.45, 2.75) is 0 Å². The number of thiazole rings is 1. The van der Waals surface area contributed by atoms with Gasteiger partial charge < -0.3 is 14.6 Å². The summed E-state index contributed by atoms with van der Waals surface area (Å²) in [6.45, 7) is 0. The SMILES string of the molecule is COc1ccc(-c2nc(C(=O)Nc3ccc(-n4ccnc4)cc3)cs2)cc1. The molecule has 0 bridgehead atoms. The maximum Gasteiger partial charge on any atom is 0.275 e. The van der Waals surface area contributed by atoms with Gasteiger partial charge in [-0.3, -0.25) is 4.79 Å². The molecule has 2 aromatic carbocycles. The molecule has 0 aliphatic rings. The Morgan fingerprint density at radius 2 is 1.89 bits per heavy atom. The van der Waals surface area contributed by atoms with Gasteiger partial charge in [-0.15, -0.1) is 11.3 Å². The number of anilines is 1. The smallest absolute Gasteiger partial charge is 0.275 e. The van der Waals surface area contributed by atoms with E-state index in [0.717, 1.165) is 22.0 Å². The molecular formula is C20H16N4O2S. The third-order valence-corrected chi connectivity index (χ3v) is 4.89. The van der Waals surface area contributed by atoms with Gasteiger partial charge in [-0.05, 0) is 48.5 Å². The number of hydrogen-bond acceptors (Lipinski definition) is 5. The predicted octanol–water partition coefficient (Wildman–Crippen LogP) is 4.26. The van der Waals surface area contributed by atoms with E-state index in [1.807, 2.05) is 59.3 Å². The van der Waals surface area contributed by atoms with E-state index in [1.165, 1.54) is 11.3 Å². The van der Waals surface area contributed by atoms with Crippen molar-refractivity contribution in [3.63, 3.8) is 0 Å². The van der Waals surface area contributed by atoms with E-state index in [-0.39, 0.29) is 5.91 Å². The molecule has 0 saturated carbocycles. The maximum atomic E-state index is 12.5. The van der Waals surface area contributed by atoms with Gasteiger partial charge in [-0.1, -0.05) is 0 Å². The van der Waals surface area contributed by atoms with Crippen LogP contribution in [-0.4, -0.2) is 27.6 Å². The van der Waals surface area contributed by atoms with Crippen LogP contribution in [0.25, 0.3) is 16.3 Å². The summed E-state index contributed by atoms with van der Waals surface area (Å²) in [6, 6.07) is 15.1. The normalized spacial score (nSPS) is 10.6. The van der Waals surface area contributed by atoms with Crippen LogP contribution in [0.1, 0.15) is 10.5 Å². The van der Waals surface area contributed by atoms with E-state index < -0.39 is 0 Å². The van der Waals surface area contributed by atoms with Gasteiger partial charge in [0.1, 0.15) is 16.5 Å². The van der Waals surface area contributed by atoms with Crippen LogP contribution in [0.2, 0.25) is 0 Å². The Hall–Kier alpha value is -3.45. The van der Waals surface area contributed by atoms with Crippen molar-refractivity contribution in [3.05, 3.63) is 78.3 Å². The van der Waals surface area contributed by atoms with Crippen molar-refractivity contribution in [2.75, 3.05) is 12.4 Å². The first-order valence-electron chi connectivity index (χ1n) is 8.22. The van der Waals surface area contributed by atoms with Gasteiger partial charge >= 0.3 is 0 Å². The number of aromatic nitrogens is 3. The number of imidazole rings is 1. The molecule has 2 heterocycles. The molecule has 0 aliphatic heterocycles. The van der Waals surface area contributed by atoms with Crippen LogP contribution in [0.5, 0.6) is 5.75 Å².